The first kappa shape index (κ1) is 16.3. The van der Waals surface area contributed by atoms with E-state index in [2.05, 4.69) is 15.1 Å². The molecule has 3 rings (SSSR count). The average molecular weight is 346 g/mol. The zero-order valence-corrected chi connectivity index (χ0v) is 14.4. The predicted octanol–water partition coefficient (Wildman–Crippen LogP) is 0.473. The Kier molecular flexibility index (Phi) is 5.08. The molecule has 0 amide bonds. The van der Waals surface area contributed by atoms with E-state index in [-0.39, 0.29) is 5.25 Å². The predicted molar refractivity (Wildman–Crippen MR) is 84.3 cm³/mol. The van der Waals surface area contributed by atoms with Crippen molar-refractivity contribution in [3.8, 4) is 0 Å². The number of morpholine rings is 1. The maximum atomic E-state index is 12.8. The van der Waals surface area contributed by atoms with Gasteiger partial charge in [-0.25, -0.2) is 8.42 Å². The third kappa shape index (κ3) is 3.65. The number of sulfonamides is 1. The van der Waals surface area contributed by atoms with Gasteiger partial charge in [0.1, 0.15) is 10.0 Å². The fraction of sp³-hybridized carbons (Fsp3) is 0.846. The molecule has 0 unspecified atom stereocenters. The molecule has 9 heteroatoms. The second-order valence-electron chi connectivity index (χ2n) is 5.77. The number of likely N-dealkylation sites (tertiary alicyclic amines) is 1. The Labute approximate surface area is 135 Å². The summed E-state index contributed by atoms with van der Waals surface area (Å²) in [6, 6.07) is 0. The van der Waals surface area contributed by atoms with Crippen molar-refractivity contribution in [2.75, 3.05) is 39.4 Å². The number of hydrogen-bond donors (Lipinski definition) is 0. The minimum Gasteiger partial charge on any atom is -0.379 e. The van der Waals surface area contributed by atoms with Crippen molar-refractivity contribution >= 4 is 21.4 Å². The van der Waals surface area contributed by atoms with Crippen LogP contribution in [0.2, 0.25) is 0 Å². The first-order valence-corrected chi connectivity index (χ1v) is 9.96. The highest BCUT2D eigenvalue weighted by atomic mass is 32.2. The molecule has 1 aromatic heterocycles. The summed E-state index contributed by atoms with van der Waals surface area (Å²) in [5.41, 5.74) is 0. The normalized spacial score (nSPS) is 25.4. The van der Waals surface area contributed by atoms with Crippen molar-refractivity contribution in [2.24, 2.45) is 0 Å². The van der Waals surface area contributed by atoms with Crippen LogP contribution in [-0.2, 0) is 21.3 Å². The summed E-state index contributed by atoms with van der Waals surface area (Å²) in [6.07, 6.45) is 1.65. The summed E-state index contributed by atoms with van der Waals surface area (Å²) in [4.78, 5) is 2.19. The van der Waals surface area contributed by atoms with E-state index >= 15 is 0 Å². The summed E-state index contributed by atoms with van der Waals surface area (Å²) < 4.78 is 32.4. The smallest absolute Gasteiger partial charge is 0.218 e. The molecule has 1 aromatic rings. The average Bonchev–Trinajstić information content (AvgIpc) is 2.93. The van der Waals surface area contributed by atoms with Crippen LogP contribution in [0.1, 0.15) is 22.9 Å². The van der Waals surface area contributed by atoms with Crippen LogP contribution < -0.4 is 0 Å². The molecule has 2 aliphatic heterocycles. The fourth-order valence-corrected chi connectivity index (χ4v) is 5.70. The van der Waals surface area contributed by atoms with Gasteiger partial charge >= 0.3 is 0 Å². The van der Waals surface area contributed by atoms with Crippen LogP contribution in [0.5, 0.6) is 0 Å². The van der Waals surface area contributed by atoms with Gasteiger partial charge < -0.3 is 4.74 Å². The maximum absolute atomic E-state index is 12.8. The molecule has 2 fully saturated rings. The van der Waals surface area contributed by atoms with Crippen LogP contribution in [0.4, 0.5) is 0 Å². The lowest BCUT2D eigenvalue weighted by Crippen LogP contribution is -2.50. The molecular weight excluding hydrogens is 324 g/mol. The number of aromatic nitrogens is 2. The zero-order valence-electron chi connectivity index (χ0n) is 12.8. The Morgan fingerprint density at radius 3 is 2.73 bits per heavy atom. The van der Waals surface area contributed by atoms with Crippen LogP contribution in [0.25, 0.3) is 0 Å². The summed E-state index contributed by atoms with van der Waals surface area (Å²) in [5, 5.41) is 9.76. The fourth-order valence-electron chi connectivity index (χ4n) is 3.00. The van der Waals surface area contributed by atoms with E-state index in [1.54, 1.807) is 15.6 Å². The van der Waals surface area contributed by atoms with Crippen molar-refractivity contribution in [3.05, 3.63) is 10.0 Å². The van der Waals surface area contributed by atoms with E-state index in [1.807, 2.05) is 6.92 Å². The molecule has 22 heavy (non-hydrogen) atoms. The second-order valence-corrected chi connectivity index (χ2v) is 9.25. The molecule has 0 N–H and O–H groups in total. The Bertz CT molecular complexity index is 598. The summed E-state index contributed by atoms with van der Waals surface area (Å²) >= 11 is 1.58. The Morgan fingerprint density at radius 2 is 2.05 bits per heavy atom. The van der Waals surface area contributed by atoms with E-state index in [1.165, 1.54) is 0 Å². The number of piperidine rings is 1. The van der Waals surface area contributed by atoms with Crippen LogP contribution in [0.15, 0.2) is 0 Å². The van der Waals surface area contributed by atoms with Crippen molar-refractivity contribution < 1.29 is 13.2 Å². The molecule has 124 valence electrons. The molecule has 2 saturated heterocycles. The maximum Gasteiger partial charge on any atom is 0.218 e. The second kappa shape index (κ2) is 6.88. The number of ether oxygens (including phenoxy) is 1. The van der Waals surface area contributed by atoms with Gasteiger partial charge in [-0.15, -0.1) is 21.5 Å². The molecule has 0 aliphatic carbocycles. The molecule has 0 saturated carbocycles. The van der Waals surface area contributed by atoms with E-state index in [0.29, 0.717) is 39.4 Å². The molecule has 0 spiro atoms. The summed E-state index contributed by atoms with van der Waals surface area (Å²) in [7, 11) is -3.23. The number of rotatable bonds is 4. The summed E-state index contributed by atoms with van der Waals surface area (Å²) in [6.45, 7) is 6.10. The SMILES string of the molecule is Cc1nnc(CN2CCC[C@@H](S(=O)(=O)N3CCOCC3)C2)s1. The molecular formula is C13H22N4O3S2. The topological polar surface area (TPSA) is 75.6 Å². The lowest BCUT2D eigenvalue weighted by atomic mass is 10.1. The van der Waals surface area contributed by atoms with Crippen molar-refractivity contribution in [1.82, 2.24) is 19.4 Å². The monoisotopic (exact) mass is 346 g/mol. The van der Waals surface area contributed by atoms with Gasteiger partial charge in [-0.1, -0.05) is 0 Å². The lowest BCUT2D eigenvalue weighted by Gasteiger charge is -2.36. The minimum absolute atomic E-state index is 0.312. The van der Waals surface area contributed by atoms with Gasteiger partial charge in [-0.3, -0.25) is 4.90 Å². The molecule has 0 aromatic carbocycles. The zero-order chi connectivity index (χ0) is 15.6. The molecule has 0 radical (unpaired) electrons. The van der Waals surface area contributed by atoms with E-state index in [0.717, 1.165) is 29.4 Å². The molecule has 3 heterocycles. The van der Waals surface area contributed by atoms with Gasteiger partial charge in [-0.05, 0) is 26.3 Å². The minimum atomic E-state index is -3.23. The first-order valence-electron chi connectivity index (χ1n) is 7.64. The van der Waals surface area contributed by atoms with E-state index in [9.17, 15) is 8.42 Å². The lowest BCUT2D eigenvalue weighted by molar-refractivity contribution is 0.0719. The Hall–Kier alpha value is -0.610. The standard InChI is InChI=1S/C13H22N4O3S2/c1-11-14-15-13(21-11)10-16-4-2-3-12(9-16)22(18,19)17-5-7-20-8-6-17/h12H,2-10H2,1H3/t12-/m1/s1. The highest BCUT2D eigenvalue weighted by molar-refractivity contribution is 7.89. The third-order valence-electron chi connectivity index (χ3n) is 4.14. The van der Waals surface area contributed by atoms with Crippen LogP contribution >= 0.6 is 11.3 Å². The first-order chi connectivity index (χ1) is 10.6. The van der Waals surface area contributed by atoms with Gasteiger partial charge in [0.25, 0.3) is 0 Å². The van der Waals surface area contributed by atoms with E-state index in [4.69, 9.17) is 4.74 Å². The van der Waals surface area contributed by atoms with Gasteiger partial charge in [0.15, 0.2) is 0 Å². The Morgan fingerprint density at radius 1 is 1.27 bits per heavy atom. The number of nitrogens with zero attached hydrogens (tertiary/aromatic N) is 4. The molecule has 1 atom stereocenters. The highest BCUT2D eigenvalue weighted by Gasteiger charge is 2.36. The number of hydrogen-bond acceptors (Lipinski definition) is 7. The van der Waals surface area contributed by atoms with Gasteiger partial charge in [0, 0.05) is 19.6 Å². The quantitative estimate of drug-likeness (QED) is 0.789. The Balaban J connectivity index is 1.64. The van der Waals surface area contributed by atoms with Gasteiger partial charge in [-0.2, -0.15) is 4.31 Å². The van der Waals surface area contributed by atoms with Crippen molar-refractivity contribution in [1.29, 1.82) is 0 Å². The van der Waals surface area contributed by atoms with Crippen LogP contribution in [0, 0.1) is 6.92 Å². The molecule has 7 nitrogen and oxygen atoms in total. The number of aryl methyl sites for hydroxylation is 1. The van der Waals surface area contributed by atoms with Crippen LogP contribution in [0.3, 0.4) is 0 Å². The highest BCUT2D eigenvalue weighted by Crippen LogP contribution is 2.23. The van der Waals surface area contributed by atoms with E-state index < -0.39 is 10.0 Å². The molecule has 0 bridgehead atoms. The van der Waals surface area contributed by atoms with Gasteiger partial charge in [0.2, 0.25) is 10.0 Å². The molecule has 2 aliphatic rings. The van der Waals surface area contributed by atoms with Crippen molar-refractivity contribution in [3.63, 3.8) is 0 Å². The van der Waals surface area contributed by atoms with Crippen LogP contribution in [-0.4, -0.2) is 72.5 Å². The summed E-state index contributed by atoms with van der Waals surface area (Å²) in [5.74, 6) is 0. The van der Waals surface area contributed by atoms with Crippen molar-refractivity contribution in [2.45, 2.75) is 31.6 Å². The van der Waals surface area contributed by atoms with Gasteiger partial charge in [0.05, 0.1) is 25.0 Å². The largest absolute Gasteiger partial charge is 0.379 e. The third-order valence-corrected chi connectivity index (χ3v) is 7.28.